The molecule has 1 aromatic carbocycles. The number of halogens is 3. The average molecular weight is 443 g/mol. The van der Waals surface area contributed by atoms with Crippen molar-refractivity contribution in [2.45, 2.75) is 63.8 Å². The molecule has 2 fully saturated rings. The number of rotatable bonds is 5. The molecule has 0 aliphatic carbocycles. The first kappa shape index (κ1) is 23.9. The summed E-state index contributed by atoms with van der Waals surface area (Å²) < 4.78 is 50.9. The molecule has 0 aromatic heterocycles. The number of amides is 1. The zero-order valence-electron chi connectivity index (χ0n) is 18.6. The van der Waals surface area contributed by atoms with Crippen LogP contribution in [0.2, 0.25) is 0 Å². The zero-order valence-corrected chi connectivity index (χ0v) is 18.6. The van der Waals surface area contributed by atoms with Crippen molar-refractivity contribution in [2.24, 2.45) is 0 Å². The molecule has 5 nitrogen and oxygen atoms in total. The van der Waals surface area contributed by atoms with Crippen molar-refractivity contribution in [3.8, 4) is 0 Å². The first-order chi connectivity index (χ1) is 14.5. The van der Waals surface area contributed by atoms with Gasteiger partial charge in [-0.15, -0.1) is 0 Å². The van der Waals surface area contributed by atoms with Gasteiger partial charge >= 0.3 is 12.3 Å². The number of nitrogens with zero attached hydrogens (tertiary/aromatic N) is 2. The molecule has 8 heteroatoms. The Morgan fingerprint density at radius 1 is 1.00 bits per heavy atom. The molecule has 31 heavy (non-hydrogen) atoms. The topological polar surface area (TPSA) is 42.0 Å². The van der Waals surface area contributed by atoms with Crippen LogP contribution >= 0.6 is 0 Å². The molecule has 2 heterocycles. The smallest absolute Gasteiger partial charge is 0.416 e. The summed E-state index contributed by atoms with van der Waals surface area (Å²) in [6.07, 6.45) is -1.34. The highest BCUT2D eigenvalue weighted by Crippen LogP contribution is 2.39. The molecule has 2 aliphatic rings. The highest BCUT2D eigenvalue weighted by atomic mass is 19.4. The van der Waals surface area contributed by atoms with E-state index in [0.29, 0.717) is 32.5 Å². The number of carbonyl (C=O) groups is 1. The Balaban J connectivity index is 1.71. The van der Waals surface area contributed by atoms with E-state index in [2.05, 4.69) is 4.90 Å². The fourth-order valence-corrected chi connectivity index (χ4v) is 4.23. The van der Waals surface area contributed by atoms with Gasteiger partial charge in [-0.05, 0) is 77.2 Å². The highest BCUT2D eigenvalue weighted by Gasteiger charge is 2.40. The lowest BCUT2D eigenvalue weighted by molar-refractivity contribution is -0.137. The average Bonchev–Trinajstić information content (AvgIpc) is 3.20. The minimum absolute atomic E-state index is 0.370. The first-order valence-electron chi connectivity index (χ1n) is 11.0. The van der Waals surface area contributed by atoms with E-state index in [1.165, 1.54) is 25.0 Å². The van der Waals surface area contributed by atoms with Crippen molar-refractivity contribution in [3.05, 3.63) is 35.4 Å². The van der Waals surface area contributed by atoms with Crippen LogP contribution in [0.5, 0.6) is 0 Å². The Morgan fingerprint density at radius 2 is 1.58 bits per heavy atom. The van der Waals surface area contributed by atoms with E-state index in [1.807, 2.05) is 20.8 Å². The van der Waals surface area contributed by atoms with Crippen molar-refractivity contribution in [1.29, 1.82) is 0 Å². The third-order valence-corrected chi connectivity index (χ3v) is 5.95. The van der Waals surface area contributed by atoms with Gasteiger partial charge in [0.15, 0.2) is 0 Å². The van der Waals surface area contributed by atoms with Gasteiger partial charge in [0.05, 0.1) is 17.8 Å². The third-order valence-electron chi connectivity index (χ3n) is 5.95. The van der Waals surface area contributed by atoms with Gasteiger partial charge in [-0.25, -0.2) is 4.79 Å². The number of benzene rings is 1. The fraction of sp³-hybridized carbons (Fsp3) is 0.696. The van der Waals surface area contributed by atoms with Gasteiger partial charge in [0.2, 0.25) is 0 Å². The second-order valence-corrected chi connectivity index (χ2v) is 9.43. The number of hydrogen-bond acceptors (Lipinski definition) is 4. The molecule has 0 atom stereocenters. The van der Waals surface area contributed by atoms with E-state index in [0.717, 1.165) is 37.3 Å². The molecule has 174 valence electrons. The molecular weight excluding hydrogens is 409 g/mol. The van der Waals surface area contributed by atoms with Crippen molar-refractivity contribution >= 4 is 6.09 Å². The van der Waals surface area contributed by atoms with E-state index < -0.39 is 22.9 Å². The fourth-order valence-electron chi connectivity index (χ4n) is 4.23. The number of likely N-dealkylation sites (tertiary alicyclic amines) is 2. The predicted molar refractivity (Wildman–Crippen MR) is 112 cm³/mol. The number of piperidine rings is 1. The molecule has 2 saturated heterocycles. The third kappa shape index (κ3) is 6.35. The van der Waals surface area contributed by atoms with Gasteiger partial charge in [0.1, 0.15) is 5.60 Å². The quantitative estimate of drug-likeness (QED) is 0.641. The SMILES string of the molecule is CC(C)(C)OC(=O)N1CCC(OCCN2CCCC2)(c2ccc(C(F)(F)F)cc2)CC1. The number of alkyl halides is 3. The molecule has 0 unspecified atom stereocenters. The predicted octanol–water partition coefficient (Wildman–Crippen LogP) is 5.04. The van der Waals surface area contributed by atoms with Crippen LogP contribution in [-0.2, 0) is 21.3 Å². The number of carbonyl (C=O) groups excluding carboxylic acids is 1. The molecule has 2 aliphatic heterocycles. The minimum Gasteiger partial charge on any atom is -0.444 e. The normalized spacial score (nSPS) is 20.1. The second-order valence-electron chi connectivity index (χ2n) is 9.43. The number of hydrogen-bond donors (Lipinski definition) is 0. The standard InChI is InChI=1S/C23H33F3N2O3/c1-21(2,3)31-20(29)28-14-10-22(11-15-28,30-17-16-27-12-4-5-13-27)18-6-8-19(9-7-18)23(24,25)26/h6-9H,4-5,10-17H2,1-3H3. The van der Waals surface area contributed by atoms with E-state index >= 15 is 0 Å². The molecule has 1 amide bonds. The van der Waals surface area contributed by atoms with Crippen LogP contribution in [0.4, 0.5) is 18.0 Å². The molecule has 1 aromatic rings. The Hall–Kier alpha value is -1.80. The molecule has 0 saturated carbocycles. The maximum atomic E-state index is 13.0. The minimum atomic E-state index is -4.37. The van der Waals surface area contributed by atoms with Gasteiger partial charge < -0.3 is 19.3 Å². The van der Waals surface area contributed by atoms with Gasteiger partial charge in [-0.2, -0.15) is 13.2 Å². The summed E-state index contributed by atoms with van der Waals surface area (Å²) in [5, 5.41) is 0. The van der Waals surface area contributed by atoms with Gasteiger partial charge in [0, 0.05) is 19.6 Å². The lowest BCUT2D eigenvalue weighted by atomic mass is 9.83. The molecule has 3 rings (SSSR count). The largest absolute Gasteiger partial charge is 0.444 e. The van der Waals surface area contributed by atoms with E-state index in [1.54, 1.807) is 4.90 Å². The van der Waals surface area contributed by atoms with Crippen molar-refractivity contribution in [1.82, 2.24) is 9.80 Å². The summed E-state index contributed by atoms with van der Waals surface area (Å²) in [4.78, 5) is 16.4. The molecule has 0 spiro atoms. The van der Waals surface area contributed by atoms with Crippen molar-refractivity contribution < 1.29 is 27.4 Å². The molecule has 0 bridgehead atoms. The zero-order chi connectivity index (χ0) is 22.7. The summed E-state index contributed by atoms with van der Waals surface area (Å²) in [6, 6.07) is 5.26. The van der Waals surface area contributed by atoms with Crippen LogP contribution in [0.25, 0.3) is 0 Å². The molecule has 0 N–H and O–H groups in total. The van der Waals surface area contributed by atoms with E-state index in [-0.39, 0.29) is 6.09 Å². The molecule has 0 radical (unpaired) electrons. The highest BCUT2D eigenvalue weighted by molar-refractivity contribution is 5.68. The summed E-state index contributed by atoms with van der Waals surface area (Å²) in [5.41, 5.74) is -1.23. The van der Waals surface area contributed by atoms with E-state index in [4.69, 9.17) is 9.47 Å². The van der Waals surface area contributed by atoms with Crippen LogP contribution < -0.4 is 0 Å². The summed E-state index contributed by atoms with van der Waals surface area (Å²) >= 11 is 0. The second kappa shape index (κ2) is 9.36. The van der Waals surface area contributed by atoms with Crippen LogP contribution in [0.15, 0.2) is 24.3 Å². The van der Waals surface area contributed by atoms with Gasteiger partial charge in [0.25, 0.3) is 0 Å². The Bertz CT molecular complexity index is 730. The van der Waals surface area contributed by atoms with Gasteiger partial charge in [-0.3, -0.25) is 0 Å². The first-order valence-corrected chi connectivity index (χ1v) is 11.0. The summed E-state index contributed by atoms with van der Waals surface area (Å²) in [6.45, 7) is 9.76. The lowest BCUT2D eigenvalue weighted by Crippen LogP contribution is -2.48. The van der Waals surface area contributed by atoms with Gasteiger partial charge in [-0.1, -0.05) is 12.1 Å². The summed E-state index contributed by atoms with van der Waals surface area (Å²) in [5.74, 6) is 0. The van der Waals surface area contributed by atoms with E-state index in [9.17, 15) is 18.0 Å². The lowest BCUT2D eigenvalue weighted by Gasteiger charge is -2.42. The Morgan fingerprint density at radius 3 is 2.10 bits per heavy atom. The Kier molecular flexibility index (Phi) is 7.21. The monoisotopic (exact) mass is 442 g/mol. The maximum absolute atomic E-state index is 13.0. The van der Waals surface area contributed by atoms with Crippen LogP contribution in [0, 0.1) is 0 Å². The Labute approximate surface area is 182 Å². The van der Waals surface area contributed by atoms with Crippen LogP contribution in [0.3, 0.4) is 0 Å². The summed E-state index contributed by atoms with van der Waals surface area (Å²) in [7, 11) is 0. The number of ether oxygens (including phenoxy) is 2. The van der Waals surface area contributed by atoms with Crippen LogP contribution in [-0.4, -0.2) is 60.8 Å². The van der Waals surface area contributed by atoms with Crippen LogP contribution in [0.1, 0.15) is 57.6 Å². The van der Waals surface area contributed by atoms with Crippen molar-refractivity contribution in [3.63, 3.8) is 0 Å². The van der Waals surface area contributed by atoms with Crippen molar-refractivity contribution in [2.75, 3.05) is 39.3 Å². The molecular formula is C23H33F3N2O3. The maximum Gasteiger partial charge on any atom is 0.416 e.